The van der Waals surface area contributed by atoms with E-state index in [4.69, 9.17) is 5.73 Å². The number of hydrogen-bond acceptors (Lipinski definition) is 2. The van der Waals surface area contributed by atoms with E-state index < -0.39 is 0 Å². The maximum absolute atomic E-state index is 6.02. The SMILES string of the molecule is CCN(c1ccccc1)C(CN)C1CCCC1. The largest absolute Gasteiger partial charge is 0.367 e. The molecule has 2 nitrogen and oxygen atoms in total. The van der Waals surface area contributed by atoms with Crippen LogP contribution in [0.15, 0.2) is 30.3 Å². The third-order valence-electron chi connectivity index (χ3n) is 4.01. The molecule has 1 unspecified atom stereocenters. The predicted octanol–water partition coefficient (Wildman–Crippen LogP) is 3.03. The van der Waals surface area contributed by atoms with E-state index in [2.05, 4.69) is 42.2 Å². The van der Waals surface area contributed by atoms with Crippen LogP contribution in [0.25, 0.3) is 0 Å². The number of nitrogens with two attached hydrogens (primary N) is 1. The number of para-hydroxylation sites is 1. The van der Waals surface area contributed by atoms with Gasteiger partial charge in [0.2, 0.25) is 0 Å². The monoisotopic (exact) mass is 232 g/mol. The molecular weight excluding hydrogens is 208 g/mol. The summed E-state index contributed by atoms with van der Waals surface area (Å²) >= 11 is 0. The first-order valence-corrected chi connectivity index (χ1v) is 6.88. The lowest BCUT2D eigenvalue weighted by Gasteiger charge is -2.36. The van der Waals surface area contributed by atoms with Gasteiger partial charge in [-0.1, -0.05) is 31.0 Å². The Balaban J connectivity index is 2.15. The average molecular weight is 232 g/mol. The first-order chi connectivity index (χ1) is 8.36. The molecule has 1 atom stereocenters. The Morgan fingerprint density at radius 1 is 1.24 bits per heavy atom. The Morgan fingerprint density at radius 3 is 2.41 bits per heavy atom. The zero-order chi connectivity index (χ0) is 12.1. The van der Waals surface area contributed by atoms with E-state index in [0.29, 0.717) is 6.04 Å². The van der Waals surface area contributed by atoms with Gasteiger partial charge in [0.05, 0.1) is 0 Å². The Labute approximate surface area is 105 Å². The van der Waals surface area contributed by atoms with E-state index in [9.17, 15) is 0 Å². The van der Waals surface area contributed by atoms with Crippen LogP contribution in [0.4, 0.5) is 5.69 Å². The molecule has 1 aromatic carbocycles. The van der Waals surface area contributed by atoms with Crippen LogP contribution in [0, 0.1) is 5.92 Å². The Morgan fingerprint density at radius 2 is 1.88 bits per heavy atom. The predicted molar refractivity (Wildman–Crippen MR) is 74.3 cm³/mol. The van der Waals surface area contributed by atoms with Gasteiger partial charge in [0.15, 0.2) is 0 Å². The molecule has 0 amide bonds. The lowest BCUT2D eigenvalue weighted by atomic mass is 9.96. The van der Waals surface area contributed by atoms with E-state index in [0.717, 1.165) is 19.0 Å². The number of rotatable bonds is 5. The minimum absolute atomic E-state index is 0.518. The van der Waals surface area contributed by atoms with Crippen molar-refractivity contribution in [2.75, 3.05) is 18.0 Å². The van der Waals surface area contributed by atoms with Crippen molar-refractivity contribution in [3.63, 3.8) is 0 Å². The molecule has 2 rings (SSSR count). The lowest BCUT2D eigenvalue weighted by Crippen LogP contribution is -2.45. The van der Waals surface area contributed by atoms with Gasteiger partial charge in [0.1, 0.15) is 0 Å². The molecule has 2 N–H and O–H groups in total. The van der Waals surface area contributed by atoms with Crippen LogP contribution in [0.3, 0.4) is 0 Å². The summed E-state index contributed by atoms with van der Waals surface area (Å²) in [7, 11) is 0. The van der Waals surface area contributed by atoms with Crippen molar-refractivity contribution in [1.29, 1.82) is 0 Å². The normalized spacial score (nSPS) is 18.2. The summed E-state index contributed by atoms with van der Waals surface area (Å²) in [5.41, 5.74) is 7.34. The fraction of sp³-hybridized carbons (Fsp3) is 0.600. The first-order valence-electron chi connectivity index (χ1n) is 6.88. The van der Waals surface area contributed by atoms with Gasteiger partial charge in [0, 0.05) is 24.8 Å². The van der Waals surface area contributed by atoms with Crippen molar-refractivity contribution >= 4 is 5.69 Å². The van der Waals surface area contributed by atoms with Gasteiger partial charge in [-0.05, 0) is 37.8 Å². The fourth-order valence-electron chi connectivity index (χ4n) is 3.14. The summed E-state index contributed by atoms with van der Waals surface area (Å²) in [6, 6.07) is 11.2. The third-order valence-corrected chi connectivity index (χ3v) is 4.01. The van der Waals surface area contributed by atoms with Gasteiger partial charge in [0.25, 0.3) is 0 Å². The molecule has 0 aromatic heterocycles. The van der Waals surface area contributed by atoms with Gasteiger partial charge in [-0.25, -0.2) is 0 Å². The quantitative estimate of drug-likeness (QED) is 0.845. The smallest absolute Gasteiger partial charge is 0.0440 e. The van der Waals surface area contributed by atoms with Crippen LogP contribution in [-0.2, 0) is 0 Å². The van der Waals surface area contributed by atoms with Crippen LogP contribution in [0.2, 0.25) is 0 Å². The van der Waals surface area contributed by atoms with Crippen molar-refractivity contribution in [3.8, 4) is 0 Å². The van der Waals surface area contributed by atoms with Crippen LogP contribution in [-0.4, -0.2) is 19.1 Å². The molecule has 17 heavy (non-hydrogen) atoms. The summed E-state index contributed by atoms with van der Waals surface area (Å²) in [5, 5.41) is 0. The lowest BCUT2D eigenvalue weighted by molar-refractivity contribution is 0.412. The zero-order valence-corrected chi connectivity index (χ0v) is 10.8. The molecule has 1 aliphatic rings. The molecule has 1 aromatic rings. The number of nitrogens with zero attached hydrogens (tertiary/aromatic N) is 1. The molecular formula is C15H24N2. The summed E-state index contributed by atoms with van der Waals surface area (Å²) in [6.07, 6.45) is 5.47. The van der Waals surface area contributed by atoms with Crippen LogP contribution in [0.5, 0.6) is 0 Å². The maximum Gasteiger partial charge on any atom is 0.0440 e. The van der Waals surface area contributed by atoms with Crippen molar-refractivity contribution in [2.24, 2.45) is 11.7 Å². The zero-order valence-electron chi connectivity index (χ0n) is 10.8. The number of likely N-dealkylation sites (N-methyl/N-ethyl adjacent to an activating group) is 1. The first kappa shape index (κ1) is 12.4. The Kier molecular flexibility index (Phi) is 4.43. The molecule has 0 heterocycles. The van der Waals surface area contributed by atoms with Crippen molar-refractivity contribution in [1.82, 2.24) is 0 Å². The topological polar surface area (TPSA) is 29.3 Å². The minimum Gasteiger partial charge on any atom is -0.367 e. The summed E-state index contributed by atoms with van der Waals surface area (Å²) in [6.45, 7) is 4.04. The number of anilines is 1. The Hall–Kier alpha value is -1.02. The van der Waals surface area contributed by atoms with Gasteiger partial charge >= 0.3 is 0 Å². The molecule has 2 heteroatoms. The molecule has 0 aliphatic heterocycles. The average Bonchev–Trinajstić information content (AvgIpc) is 2.90. The number of hydrogen-bond donors (Lipinski definition) is 1. The number of benzene rings is 1. The molecule has 0 radical (unpaired) electrons. The highest BCUT2D eigenvalue weighted by atomic mass is 15.2. The van der Waals surface area contributed by atoms with Crippen molar-refractivity contribution in [3.05, 3.63) is 30.3 Å². The van der Waals surface area contributed by atoms with Crippen LogP contribution in [0.1, 0.15) is 32.6 Å². The van der Waals surface area contributed by atoms with Gasteiger partial charge in [-0.15, -0.1) is 0 Å². The van der Waals surface area contributed by atoms with Crippen molar-refractivity contribution < 1.29 is 0 Å². The second kappa shape index (κ2) is 6.06. The highest BCUT2D eigenvalue weighted by Crippen LogP contribution is 2.31. The van der Waals surface area contributed by atoms with Gasteiger partial charge in [-0.3, -0.25) is 0 Å². The van der Waals surface area contributed by atoms with Gasteiger partial charge < -0.3 is 10.6 Å². The van der Waals surface area contributed by atoms with E-state index in [1.54, 1.807) is 0 Å². The van der Waals surface area contributed by atoms with Crippen molar-refractivity contribution in [2.45, 2.75) is 38.6 Å². The third kappa shape index (κ3) is 2.81. The summed E-state index contributed by atoms with van der Waals surface area (Å²) < 4.78 is 0. The van der Waals surface area contributed by atoms with Crippen LogP contribution >= 0.6 is 0 Å². The molecule has 1 saturated carbocycles. The Bertz CT molecular complexity index is 317. The van der Waals surface area contributed by atoms with E-state index in [1.807, 2.05) is 0 Å². The molecule has 1 aliphatic carbocycles. The second-order valence-corrected chi connectivity index (χ2v) is 4.97. The van der Waals surface area contributed by atoms with E-state index in [1.165, 1.54) is 31.4 Å². The highest BCUT2D eigenvalue weighted by Gasteiger charge is 2.28. The van der Waals surface area contributed by atoms with Crippen LogP contribution < -0.4 is 10.6 Å². The molecule has 0 spiro atoms. The van der Waals surface area contributed by atoms with Gasteiger partial charge in [-0.2, -0.15) is 0 Å². The second-order valence-electron chi connectivity index (χ2n) is 4.97. The maximum atomic E-state index is 6.02. The van der Waals surface area contributed by atoms with E-state index in [-0.39, 0.29) is 0 Å². The molecule has 0 bridgehead atoms. The summed E-state index contributed by atoms with van der Waals surface area (Å²) in [5.74, 6) is 0.792. The minimum atomic E-state index is 0.518. The van der Waals surface area contributed by atoms with E-state index >= 15 is 0 Å². The highest BCUT2D eigenvalue weighted by molar-refractivity contribution is 5.47. The molecule has 94 valence electrons. The fourth-order valence-corrected chi connectivity index (χ4v) is 3.14. The standard InChI is InChI=1S/C15H24N2/c1-2-17(14-10-4-3-5-11-14)15(12-16)13-8-6-7-9-13/h3-5,10-11,13,15H,2,6-9,12,16H2,1H3. The molecule has 1 fully saturated rings. The summed E-state index contributed by atoms with van der Waals surface area (Å²) in [4.78, 5) is 2.48. The molecule has 0 saturated heterocycles.